The van der Waals surface area contributed by atoms with E-state index in [-0.39, 0.29) is 17.8 Å². The monoisotopic (exact) mass is 306 g/mol. The summed E-state index contributed by atoms with van der Waals surface area (Å²) < 4.78 is 0. The van der Waals surface area contributed by atoms with Crippen LogP contribution in [0, 0.1) is 10.1 Å². The Kier molecular flexibility index (Phi) is 4.49. The van der Waals surface area contributed by atoms with Crippen molar-refractivity contribution in [1.29, 1.82) is 0 Å². The molecule has 0 radical (unpaired) electrons. The Morgan fingerprint density at radius 2 is 2.29 bits per heavy atom. The molecule has 8 heteroatoms. The lowest BCUT2D eigenvalue weighted by atomic mass is 10.1. The van der Waals surface area contributed by atoms with E-state index in [2.05, 4.69) is 10.3 Å². The molecule has 1 unspecified atom stereocenters. The number of hydrogen-bond donors (Lipinski definition) is 1. The number of carbonyl (C=O) groups is 1. The molecule has 0 bridgehead atoms. The van der Waals surface area contributed by atoms with Gasteiger partial charge in [0.05, 0.1) is 11.0 Å². The van der Waals surface area contributed by atoms with Gasteiger partial charge in [-0.2, -0.15) is 0 Å². The number of nitrogens with zero attached hydrogens (tertiary/aromatic N) is 3. The van der Waals surface area contributed by atoms with Gasteiger partial charge in [-0.25, -0.2) is 9.78 Å². The highest BCUT2D eigenvalue weighted by atomic mass is 32.1. The maximum atomic E-state index is 12.1. The van der Waals surface area contributed by atoms with Gasteiger partial charge in [0.2, 0.25) is 0 Å². The number of anilines is 1. The van der Waals surface area contributed by atoms with Crippen LogP contribution in [0.1, 0.15) is 18.5 Å². The normalized spacial score (nSPS) is 11.7. The molecule has 1 heterocycles. The summed E-state index contributed by atoms with van der Waals surface area (Å²) in [7, 11) is 1.63. The van der Waals surface area contributed by atoms with Crippen molar-refractivity contribution in [3.05, 3.63) is 51.5 Å². The second-order valence-corrected chi connectivity index (χ2v) is 5.30. The van der Waals surface area contributed by atoms with Crippen LogP contribution in [-0.2, 0) is 0 Å². The van der Waals surface area contributed by atoms with Crippen LogP contribution >= 0.6 is 11.3 Å². The molecule has 21 heavy (non-hydrogen) atoms. The van der Waals surface area contributed by atoms with Gasteiger partial charge in [0.15, 0.2) is 5.13 Å². The zero-order valence-electron chi connectivity index (χ0n) is 11.5. The van der Waals surface area contributed by atoms with Crippen LogP contribution in [0.3, 0.4) is 0 Å². The zero-order chi connectivity index (χ0) is 15.4. The fourth-order valence-electron chi connectivity index (χ4n) is 1.76. The smallest absolute Gasteiger partial charge is 0.321 e. The van der Waals surface area contributed by atoms with Crippen molar-refractivity contribution in [3.8, 4) is 0 Å². The average Bonchev–Trinajstić information content (AvgIpc) is 2.98. The standard InChI is InChI=1S/C13H14N4O3S/c1-9(10-4-3-5-11(8-10)17(19)20)16(2)13(18)15-12-14-6-7-21-12/h3-9H,1-2H3,(H,14,15,18). The summed E-state index contributed by atoms with van der Waals surface area (Å²) in [6.07, 6.45) is 1.60. The molecule has 1 atom stereocenters. The molecular weight excluding hydrogens is 292 g/mol. The summed E-state index contributed by atoms with van der Waals surface area (Å²) in [6.45, 7) is 1.81. The Labute approximate surface area is 125 Å². The average molecular weight is 306 g/mol. The SMILES string of the molecule is CC(c1cccc([N+](=O)[O-])c1)N(C)C(=O)Nc1nccs1. The van der Waals surface area contributed by atoms with E-state index in [1.807, 2.05) is 0 Å². The summed E-state index contributed by atoms with van der Waals surface area (Å²) in [5, 5.41) is 15.7. The van der Waals surface area contributed by atoms with Gasteiger partial charge < -0.3 is 4.90 Å². The molecule has 110 valence electrons. The van der Waals surface area contributed by atoms with Crippen molar-refractivity contribution in [2.75, 3.05) is 12.4 Å². The molecule has 0 fully saturated rings. The first-order chi connectivity index (χ1) is 9.99. The topological polar surface area (TPSA) is 88.4 Å². The van der Waals surface area contributed by atoms with Crippen LogP contribution in [0.2, 0.25) is 0 Å². The number of urea groups is 1. The minimum absolute atomic E-state index is 0.00748. The number of rotatable bonds is 4. The number of amides is 2. The largest absolute Gasteiger partial charge is 0.323 e. The lowest BCUT2D eigenvalue weighted by Crippen LogP contribution is -2.33. The molecule has 0 saturated carbocycles. The third-order valence-corrected chi connectivity index (χ3v) is 3.80. The molecule has 0 aliphatic carbocycles. The highest BCUT2D eigenvalue weighted by Gasteiger charge is 2.19. The number of nitro benzene ring substituents is 1. The van der Waals surface area contributed by atoms with Crippen molar-refractivity contribution in [3.63, 3.8) is 0 Å². The molecular formula is C13H14N4O3S. The van der Waals surface area contributed by atoms with Crippen molar-refractivity contribution in [2.45, 2.75) is 13.0 Å². The minimum atomic E-state index is -0.453. The van der Waals surface area contributed by atoms with E-state index in [9.17, 15) is 14.9 Å². The molecule has 1 aromatic heterocycles. The second-order valence-electron chi connectivity index (χ2n) is 4.41. The fourth-order valence-corrected chi connectivity index (χ4v) is 2.28. The van der Waals surface area contributed by atoms with Crippen LogP contribution < -0.4 is 5.32 Å². The van der Waals surface area contributed by atoms with Crippen LogP contribution in [0.15, 0.2) is 35.8 Å². The first-order valence-electron chi connectivity index (χ1n) is 6.16. The van der Waals surface area contributed by atoms with Crippen LogP contribution in [0.5, 0.6) is 0 Å². The van der Waals surface area contributed by atoms with Crippen LogP contribution in [0.25, 0.3) is 0 Å². The number of nitro groups is 1. The second kappa shape index (κ2) is 6.31. The molecule has 2 rings (SSSR count). The van der Waals surface area contributed by atoms with Crippen molar-refractivity contribution >= 4 is 28.2 Å². The van der Waals surface area contributed by atoms with Crippen molar-refractivity contribution < 1.29 is 9.72 Å². The Morgan fingerprint density at radius 3 is 2.90 bits per heavy atom. The van der Waals surface area contributed by atoms with E-state index in [1.54, 1.807) is 37.7 Å². The predicted octanol–water partition coefficient (Wildman–Crippen LogP) is 3.28. The third kappa shape index (κ3) is 3.54. The van der Waals surface area contributed by atoms with Crippen LogP contribution in [0.4, 0.5) is 15.6 Å². The van der Waals surface area contributed by atoms with E-state index in [0.717, 1.165) is 0 Å². The number of benzene rings is 1. The third-order valence-electron chi connectivity index (χ3n) is 3.11. The van der Waals surface area contributed by atoms with Gasteiger partial charge in [0.25, 0.3) is 5.69 Å². The van der Waals surface area contributed by atoms with Crippen LogP contribution in [-0.4, -0.2) is 27.9 Å². The van der Waals surface area contributed by atoms with Gasteiger partial charge in [0, 0.05) is 30.8 Å². The lowest BCUT2D eigenvalue weighted by Gasteiger charge is -2.24. The van der Waals surface area contributed by atoms with Gasteiger partial charge >= 0.3 is 6.03 Å². The summed E-state index contributed by atoms with van der Waals surface area (Å²) in [5.41, 5.74) is 0.703. The van der Waals surface area contributed by atoms with E-state index in [1.165, 1.54) is 28.4 Å². The quantitative estimate of drug-likeness (QED) is 0.693. The van der Waals surface area contributed by atoms with Gasteiger partial charge in [-0.05, 0) is 12.5 Å². The van der Waals surface area contributed by atoms with Gasteiger partial charge in [-0.1, -0.05) is 12.1 Å². The highest BCUT2D eigenvalue weighted by molar-refractivity contribution is 7.13. The molecule has 7 nitrogen and oxygen atoms in total. The maximum absolute atomic E-state index is 12.1. The maximum Gasteiger partial charge on any atom is 0.323 e. The number of nitrogens with one attached hydrogen (secondary N) is 1. The Hall–Kier alpha value is -2.48. The lowest BCUT2D eigenvalue weighted by molar-refractivity contribution is -0.384. The number of non-ortho nitro benzene ring substituents is 1. The Bertz CT molecular complexity index is 645. The summed E-state index contributed by atoms with van der Waals surface area (Å²) in [5.74, 6) is 0. The molecule has 0 saturated heterocycles. The van der Waals surface area contributed by atoms with Gasteiger partial charge in [-0.15, -0.1) is 11.3 Å². The van der Waals surface area contributed by atoms with E-state index in [4.69, 9.17) is 0 Å². The minimum Gasteiger partial charge on any atom is -0.321 e. The van der Waals surface area contributed by atoms with Gasteiger partial charge in [-0.3, -0.25) is 15.4 Å². The summed E-state index contributed by atoms with van der Waals surface area (Å²) in [6, 6.07) is 5.64. The highest BCUT2D eigenvalue weighted by Crippen LogP contribution is 2.23. The molecule has 2 aromatic rings. The first-order valence-corrected chi connectivity index (χ1v) is 7.04. The van der Waals surface area contributed by atoms with Crippen molar-refractivity contribution in [2.24, 2.45) is 0 Å². The van der Waals surface area contributed by atoms with E-state index in [0.29, 0.717) is 10.7 Å². The number of carbonyl (C=O) groups excluding carboxylic acids is 1. The molecule has 0 aliphatic rings. The van der Waals surface area contributed by atoms with E-state index < -0.39 is 4.92 Å². The molecule has 0 aliphatic heterocycles. The zero-order valence-corrected chi connectivity index (χ0v) is 12.3. The molecule has 1 aromatic carbocycles. The predicted molar refractivity (Wildman–Crippen MR) is 80.4 cm³/mol. The molecule has 2 amide bonds. The number of hydrogen-bond acceptors (Lipinski definition) is 5. The van der Waals surface area contributed by atoms with E-state index >= 15 is 0 Å². The fraction of sp³-hybridized carbons (Fsp3) is 0.231. The Balaban J connectivity index is 2.11. The summed E-state index contributed by atoms with van der Waals surface area (Å²) in [4.78, 5) is 27.9. The summed E-state index contributed by atoms with van der Waals surface area (Å²) >= 11 is 1.32. The number of thiazole rings is 1. The first kappa shape index (κ1) is 14.9. The molecule has 1 N–H and O–H groups in total. The number of aromatic nitrogens is 1. The van der Waals surface area contributed by atoms with Crippen molar-refractivity contribution in [1.82, 2.24) is 9.88 Å². The Morgan fingerprint density at radius 1 is 1.52 bits per heavy atom. The van der Waals surface area contributed by atoms with Gasteiger partial charge in [0.1, 0.15) is 0 Å². The molecule has 0 spiro atoms.